The molecule has 1 N–H and O–H groups in total. The number of methoxy groups -OCH3 is 1. The Kier molecular flexibility index (Phi) is 2.62. The van der Waals surface area contributed by atoms with Gasteiger partial charge >= 0.3 is 0 Å². The smallest absolute Gasteiger partial charge is 0.217 e. The van der Waals surface area contributed by atoms with Crippen molar-refractivity contribution in [1.82, 2.24) is 5.32 Å². The van der Waals surface area contributed by atoms with Crippen LogP contribution < -0.4 is 10.1 Å². The molecular weight excluding hydrogens is 190 g/mol. The highest BCUT2D eigenvalue weighted by Gasteiger charge is 2.25. The Morgan fingerprint density at radius 2 is 2.33 bits per heavy atom. The summed E-state index contributed by atoms with van der Waals surface area (Å²) in [7, 11) is 1.68. The summed E-state index contributed by atoms with van der Waals surface area (Å²) < 4.78 is 5.30. The third-order valence-electron chi connectivity index (χ3n) is 2.83. The van der Waals surface area contributed by atoms with Crippen molar-refractivity contribution >= 4 is 5.91 Å². The molecule has 0 fully saturated rings. The highest BCUT2D eigenvalue weighted by molar-refractivity contribution is 5.73. The van der Waals surface area contributed by atoms with Crippen LogP contribution in [0.2, 0.25) is 0 Å². The summed E-state index contributed by atoms with van der Waals surface area (Å²) in [6.07, 6.45) is 1.94. The lowest BCUT2D eigenvalue weighted by Crippen LogP contribution is -2.24. The number of hydrogen-bond donors (Lipinski definition) is 1. The largest absolute Gasteiger partial charge is 0.496 e. The van der Waals surface area contributed by atoms with E-state index in [9.17, 15) is 4.79 Å². The molecule has 1 aliphatic rings. The summed E-state index contributed by atoms with van der Waals surface area (Å²) in [5.41, 5.74) is 2.43. The van der Waals surface area contributed by atoms with Gasteiger partial charge in [0.25, 0.3) is 0 Å². The number of fused-ring (bicyclic) bond motifs is 1. The normalized spacial score (nSPS) is 18.4. The van der Waals surface area contributed by atoms with Crippen molar-refractivity contribution in [2.24, 2.45) is 0 Å². The topological polar surface area (TPSA) is 38.3 Å². The first kappa shape index (κ1) is 10.0. The molecule has 0 saturated heterocycles. The van der Waals surface area contributed by atoms with Gasteiger partial charge in [-0.1, -0.05) is 12.1 Å². The van der Waals surface area contributed by atoms with Gasteiger partial charge in [-0.15, -0.1) is 0 Å². The molecule has 1 atom stereocenters. The van der Waals surface area contributed by atoms with Crippen molar-refractivity contribution in [1.29, 1.82) is 0 Å². The van der Waals surface area contributed by atoms with E-state index < -0.39 is 0 Å². The number of benzene rings is 1. The van der Waals surface area contributed by atoms with Gasteiger partial charge < -0.3 is 10.1 Å². The molecule has 0 heterocycles. The highest BCUT2D eigenvalue weighted by atomic mass is 16.5. The number of carbonyl (C=O) groups excluding carboxylic acids is 1. The average Bonchev–Trinajstić information content (AvgIpc) is 2.61. The predicted octanol–water partition coefficient (Wildman–Crippen LogP) is 1.82. The van der Waals surface area contributed by atoms with Crippen LogP contribution >= 0.6 is 0 Å². The van der Waals surface area contributed by atoms with Gasteiger partial charge in [-0.3, -0.25) is 4.79 Å². The molecule has 15 heavy (non-hydrogen) atoms. The van der Waals surface area contributed by atoms with E-state index in [-0.39, 0.29) is 11.9 Å². The molecule has 1 aromatic carbocycles. The molecule has 0 saturated carbocycles. The van der Waals surface area contributed by atoms with E-state index in [4.69, 9.17) is 4.74 Å². The van der Waals surface area contributed by atoms with Gasteiger partial charge in [0, 0.05) is 6.92 Å². The Bertz CT molecular complexity index is 387. The summed E-state index contributed by atoms with van der Waals surface area (Å²) in [5.74, 6) is 0.955. The van der Waals surface area contributed by atoms with Crippen molar-refractivity contribution in [3.05, 3.63) is 29.3 Å². The van der Waals surface area contributed by atoms with Gasteiger partial charge in [0.15, 0.2) is 0 Å². The summed E-state index contributed by atoms with van der Waals surface area (Å²) in [5, 5.41) is 2.95. The SMILES string of the molecule is COc1cccc2c1CCC2NC(C)=O. The predicted molar refractivity (Wildman–Crippen MR) is 57.9 cm³/mol. The fraction of sp³-hybridized carbons (Fsp3) is 0.417. The van der Waals surface area contributed by atoms with Crippen LogP contribution in [0, 0.1) is 0 Å². The van der Waals surface area contributed by atoms with E-state index in [0.717, 1.165) is 18.6 Å². The maximum Gasteiger partial charge on any atom is 0.217 e. The van der Waals surface area contributed by atoms with Gasteiger partial charge in [-0.2, -0.15) is 0 Å². The van der Waals surface area contributed by atoms with Gasteiger partial charge in [0.05, 0.1) is 13.2 Å². The Labute approximate surface area is 89.4 Å². The van der Waals surface area contributed by atoms with Crippen LogP contribution in [0.25, 0.3) is 0 Å². The second-order valence-corrected chi connectivity index (χ2v) is 3.82. The average molecular weight is 205 g/mol. The minimum Gasteiger partial charge on any atom is -0.496 e. The van der Waals surface area contributed by atoms with E-state index in [0.29, 0.717) is 0 Å². The maximum absolute atomic E-state index is 11.0. The third kappa shape index (κ3) is 1.82. The lowest BCUT2D eigenvalue weighted by atomic mass is 10.1. The zero-order valence-corrected chi connectivity index (χ0v) is 9.04. The molecule has 1 aromatic rings. The van der Waals surface area contributed by atoms with E-state index in [1.807, 2.05) is 12.1 Å². The summed E-state index contributed by atoms with van der Waals surface area (Å²) >= 11 is 0. The third-order valence-corrected chi connectivity index (χ3v) is 2.83. The second kappa shape index (κ2) is 3.93. The van der Waals surface area contributed by atoms with Gasteiger partial charge in [-0.05, 0) is 30.0 Å². The van der Waals surface area contributed by atoms with Crippen LogP contribution in [0.5, 0.6) is 5.75 Å². The highest BCUT2D eigenvalue weighted by Crippen LogP contribution is 2.36. The Hall–Kier alpha value is -1.51. The zero-order valence-electron chi connectivity index (χ0n) is 9.04. The first-order valence-corrected chi connectivity index (χ1v) is 5.15. The molecule has 1 aliphatic carbocycles. The van der Waals surface area contributed by atoms with Gasteiger partial charge in [-0.25, -0.2) is 0 Å². The second-order valence-electron chi connectivity index (χ2n) is 3.82. The lowest BCUT2D eigenvalue weighted by Gasteiger charge is -2.13. The van der Waals surface area contributed by atoms with Crippen molar-refractivity contribution in [3.63, 3.8) is 0 Å². The fourth-order valence-corrected chi connectivity index (χ4v) is 2.21. The molecule has 0 radical (unpaired) electrons. The van der Waals surface area contributed by atoms with Crippen LogP contribution in [0.4, 0.5) is 0 Å². The minimum atomic E-state index is 0.0238. The molecule has 0 bridgehead atoms. The summed E-state index contributed by atoms with van der Waals surface area (Å²) in [6, 6.07) is 6.16. The Morgan fingerprint density at radius 3 is 3.00 bits per heavy atom. The number of ether oxygens (including phenoxy) is 1. The molecule has 1 amide bonds. The summed E-state index contributed by atoms with van der Waals surface area (Å²) in [6.45, 7) is 1.55. The Balaban J connectivity index is 2.31. The lowest BCUT2D eigenvalue weighted by molar-refractivity contribution is -0.119. The number of carbonyl (C=O) groups is 1. The molecule has 3 heteroatoms. The molecule has 80 valence electrons. The van der Waals surface area contributed by atoms with E-state index >= 15 is 0 Å². The van der Waals surface area contributed by atoms with Crippen molar-refractivity contribution in [3.8, 4) is 5.75 Å². The zero-order chi connectivity index (χ0) is 10.8. The van der Waals surface area contributed by atoms with Crippen molar-refractivity contribution in [2.45, 2.75) is 25.8 Å². The van der Waals surface area contributed by atoms with Crippen molar-refractivity contribution < 1.29 is 9.53 Å². The van der Waals surface area contributed by atoms with Crippen molar-refractivity contribution in [2.75, 3.05) is 7.11 Å². The molecule has 0 aromatic heterocycles. The maximum atomic E-state index is 11.0. The quantitative estimate of drug-likeness (QED) is 0.799. The van der Waals surface area contributed by atoms with E-state index in [1.165, 1.54) is 11.1 Å². The van der Waals surface area contributed by atoms with E-state index in [1.54, 1.807) is 14.0 Å². The molecule has 2 rings (SSSR count). The first-order valence-electron chi connectivity index (χ1n) is 5.15. The fourth-order valence-electron chi connectivity index (χ4n) is 2.21. The molecular formula is C12H15NO2. The Morgan fingerprint density at radius 1 is 1.53 bits per heavy atom. The van der Waals surface area contributed by atoms with Gasteiger partial charge in [0.1, 0.15) is 5.75 Å². The number of hydrogen-bond acceptors (Lipinski definition) is 2. The van der Waals surface area contributed by atoms with Crippen LogP contribution in [0.1, 0.15) is 30.5 Å². The minimum absolute atomic E-state index is 0.0238. The molecule has 1 unspecified atom stereocenters. The van der Waals surface area contributed by atoms with Crippen LogP contribution in [-0.2, 0) is 11.2 Å². The van der Waals surface area contributed by atoms with E-state index in [2.05, 4.69) is 11.4 Å². The number of amides is 1. The van der Waals surface area contributed by atoms with Gasteiger partial charge in [0.2, 0.25) is 5.91 Å². The summed E-state index contributed by atoms with van der Waals surface area (Å²) in [4.78, 5) is 11.0. The standard InChI is InChI=1S/C12H15NO2/c1-8(14)13-11-7-6-10-9(11)4-3-5-12(10)15-2/h3-5,11H,6-7H2,1-2H3,(H,13,14). The van der Waals surface area contributed by atoms with Crippen LogP contribution in [0.3, 0.4) is 0 Å². The molecule has 3 nitrogen and oxygen atoms in total. The number of nitrogens with one attached hydrogen (secondary N) is 1. The monoisotopic (exact) mass is 205 g/mol. The molecule has 0 spiro atoms. The number of rotatable bonds is 2. The molecule has 0 aliphatic heterocycles. The van der Waals surface area contributed by atoms with Crippen LogP contribution in [0.15, 0.2) is 18.2 Å². The first-order chi connectivity index (χ1) is 7.22. The van der Waals surface area contributed by atoms with Crippen LogP contribution in [-0.4, -0.2) is 13.0 Å².